The Morgan fingerprint density at radius 1 is 0.404 bits per heavy atom. The molecule has 0 saturated heterocycles. The van der Waals surface area contributed by atoms with Gasteiger partial charge in [-0.2, -0.15) is 5.26 Å². The van der Waals surface area contributed by atoms with Gasteiger partial charge in [-0.1, -0.05) is 184 Å². The summed E-state index contributed by atoms with van der Waals surface area (Å²) >= 11 is 20.0. The van der Waals surface area contributed by atoms with Gasteiger partial charge in [-0.15, -0.1) is 0 Å². The van der Waals surface area contributed by atoms with Crippen molar-refractivity contribution in [1.29, 1.82) is 5.26 Å². The summed E-state index contributed by atoms with van der Waals surface area (Å²) in [6.07, 6.45) is 0. The Morgan fingerprint density at radius 2 is 0.754 bits per heavy atom. The molecule has 6 heteroatoms. The van der Waals surface area contributed by atoms with Crippen molar-refractivity contribution >= 4 is 62.7 Å². The fraction of sp³-hybridized carbons (Fsp3) is 0.0392. The Kier molecular flexibility index (Phi) is 8.20. The highest BCUT2D eigenvalue weighted by molar-refractivity contribution is 9.10. The summed E-state index contributed by atoms with van der Waals surface area (Å²) in [5.41, 5.74) is 15.6. The minimum atomic E-state index is -0.401. The molecule has 0 fully saturated rings. The van der Waals surface area contributed by atoms with Gasteiger partial charge in [-0.05, 0) is 115 Å². The van der Waals surface area contributed by atoms with E-state index in [-0.39, 0.29) is 5.41 Å². The minimum Gasteiger partial charge on any atom is -0.192 e. The third-order valence-electron chi connectivity index (χ3n) is 11.9. The first kappa shape index (κ1) is 35.2. The molecule has 0 radical (unpaired) electrons. The van der Waals surface area contributed by atoms with Crippen LogP contribution in [0.1, 0.15) is 50.1 Å². The maximum atomic E-state index is 9.47. The average Bonchev–Trinajstić information content (AvgIpc) is 3.69. The van der Waals surface area contributed by atoms with Crippen molar-refractivity contribution in [3.63, 3.8) is 0 Å². The van der Waals surface area contributed by atoms with Gasteiger partial charge >= 0.3 is 0 Å². The summed E-state index contributed by atoms with van der Waals surface area (Å²) in [5.74, 6) is 0. The van der Waals surface area contributed by atoms with Crippen LogP contribution in [0.5, 0.6) is 0 Å². The van der Waals surface area contributed by atoms with Gasteiger partial charge in [-0.3, -0.25) is 0 Å². The van der Waals surface area contributed by atoms with Crippen molar-refractivity contribution in [2.45, 2.75) is 30.4 Å². The molecule has 0 saturated carbocycles. The Hall–Kier alpha value is -4.99. The molecule has 2 aliphatic heterocycles. The number of nitriles is 1. The molecule has 270 valence electrons. The smallest absolute Gasteiger partial charge is 0.0992 e. The Morgan fingerprint density at radius 3 is 1.18 bits per heavy atom. The summed E-state index contributed by atoms with van der Waals surface area (Å²) in [6, 6.07) is 62.6. The summed E-state index contributed by atoms with van der Waals surface area (Å²) in [4.78, 5) is 4.76. The molecule has 8 aromatic rings. The van der Waals surface area contributed by atoms with E-state index in [2.05, 4.69) is 168 Å². The second-order valence-electron chi connectivity index (χ2n) is 14.6. The second kappa shape index (κ2) is 13.3. The van der Waals surface area contributed by atoms with E-state index in [1.54, 1.807) is 23.5 Å². The van der Waals surface area contributed by atoms with E-state index in [0.717, 1.165) is 24.3 Å². The Bertz CT molecular complexity index is 2910. The lowest BCUT2D eigenvalue weighted by Crippen LogP contribution is -2.32. The highest BCUT2D eigenvalue weighted by Gasteiger charge is 2.51. The molecule has 0 bridgehead atoms. The number of hydrogen-bond donors (Lipinski definition) is 0. The minimum absolute atomic E-state index is 0.311. The Balaban J connectivity index is 0.000000131. The highest BCUT2D eigenvalue weighted by Crippen LogP contribution is 2.64. The lowest BCUT2D eigenvalue weighted by atomic mass is 9.67. The van der Waals surface area contributed by atoms with Crippen LogP contribution in [0.15, 0.2) is 194 Å². The summed E-state index contributed by atoms with van der Waals surface area (Å²) in [6.45, 7) is 0. The first-order chi connectivity index (χ1) is 27.9. The van der Waals surface area contributed by atoms with E-state index in [1.165, 1.54) is 76.6 Å². The molecule has 2 heterocycles. The van der Waals surface area contributed by atoms with Gasteiger partial charge in [-0.25, -0.2) is 0 Å². The van der Waals surface area contributed by atoms with Gasteiger partial charge in [0.25, 0.3) is 0 Å². The SMILES string of the molecule is Clc1ccc2c(c1)Sc1cc(Br)ccc1C21c2ccccc2-c2ccccc21.N#Cc1ccc2c(c1)Sc1cc(Cl)ccc1C21c2ccccc2-c2ccccc21. The third kappa shape index (κ3) is 4.97. The zero-order chi connectivity index (χ0) is 38.5. The zero-order valence-corrected chi connectivity index (χ0v) is 34.8. The molecule has 0 atom stereocenters. The number of fused-ring (bicyclic) bond motifs is 18. The normalized spacial score (nSPS) is 14.7. The van der Waals surface area contributed by atoms with Crippen LogP contribution in [0.3, 0.4) is 0 Å². The quantitative estimate of drug-likeness (QED) is 0.152. The fourth-order valence-corrected chi connectivity index (χ4v) is 13.3. The van der Waals surface area contributed by atoms with E-state index in [0.29, 0.717) is 5.56 Å². The molecule has 0 amide bonds. The van der Waals surface area contributed by atoms with Crippen molar-refractivity contribution in [2.24, 2.45) is 0 Å². The van der Waals surface area contributed by atoms with Crippen molar-refractivity contribution in [3.8, 4) is 28.3 Å². The first-order valence-corrected chi connectivity index (χ1v) is 21.8. The maximum absolute atomic E-state index is 9.47. The maximum Gasteiger partial charge on any atom is 0.0992 e. The predicted molar refractivity (Wildman–Crippen MR) is 238 cm³/mol. The zero-order valence-electron chi connectivity index (χ0n) is 30.1. The van der Waals surface area contributed by atoms with Crippen molar-refractivity contribution < 1.29 is 0 Å². The van der Waals surface area contributed by atoms with Gasteiger partial charge in [0, 0.05) is 34.1 Å². The van der Waals surface area contributed by atoms with Crippen LogP contribution in [0.25, 0.3) is 22.3 Å². The molecule has 4 aliphatic rings. The van der Waals surface area contributed by atoms with Crippen molar-refractivity contribution in [3.05, 3.63) is 234 Å². The van der Waals surface area contributed by atoms with Crippen LogP contribution in [-0.2, 0) is 10.8 Å². The van der Waals surface area contributed by atoms with Crippen molar-refractivity contribution in [2.75, 3.05) is 0 Å². The summed E-state index contributed by atoms with van der Waals surface area (Å²) in [7, 11) is 0. The molecule has 2 spiro atoms. The van der Waals surface area contributed by atoms with E-state index in [9.17, 15) is 5.26 Å². The number of rotatable bonds is 0. The fourth-order valence-electron chi connectivity index (χ4n) is 9.82. The molecule has 8 aromatic carbocycles. The topological polar surface area (TPSA) is 23.8 Å². The number of benzene rings is 8. The number of nitrogens with zero attached hydrogens (tertiary/aromatic N) is 1. The standard InChI is InChI=1S/C26H14ClNS.C25H14BrClS/c27-17-10-12-23-25(14-17)29-24-13-16(15-28)9-11-22(24)26(23)20-7-3-1-5-18(20)19-6-2-4-8-21(19)26;26-15-9-11-21-23(13-15)28-24-14-16(27)10-12-22(24)25(21)19-7-3-1-5-17(19)18-6-2-4-8-20(18)25/h1-14H;1-14H. The van der Waals surface area contributed by atoms with Crippen LogP contribution in [-0.4, -0.2) is 0 Å². The van der Waals surface area contributed by atoms with Crippen LogP contribution in [0, 0.1) is 11.3 Å². The second-order valence-corrected chi connectivity index (χ2v) is 18.6. The predicted octanol–water partition coefficient (Wildman–Crippen LogP) is 15.0. The van der Waals surface area contributed by atoms with E-state index >= 15 is 0 Å². The molecule has 1 nitrogen and oxygen atoms in total. The van der Waals surface area contributed by atoms with E-state index < -0.39 is 5.41 Å². The van der Waals surface area contributed by atoms with E-state index in [1.807, 2.05) is 24.3 Å². The lowest BCUT2D eigenvalue weighted by molar-refractivity contribution is 0.722. The van der Waals surface area contributed by atoms with Crippen LogP contribution >= 0.6 is 62.7 Å². The molecule has 0 unspecified atom stereocenters. The molecule has 0 N–H and O–H groups in total. The molecule has 57 heavy (non-hydrogen) atoms. The molecular weight excluding hydrogens is 842 g/mol. The van der Waals surface area contributed by atoms with Gasteiger partial charge in [0.2, 0.25) is 0 Å². The van der Waals surface area contributed by atoms with Crippen molar-refractivity contribution in [1.82, 2.24) is 0 Å². The third-order valence-corrected chi connectivity index (χ3v) is 15.1. The molecule has 0 aromatic heterocycles. The molecular formula is C51H28BrCl2NS2. The number of halogens is 3. The summed E-state index contributed by atoms with van der Waals surface area (Å²) < 4.78 is 1.10. The van der Waals surface area contributed by atoms with Gasteiger partial charge in [0.1, 0.15) is 0 Å². The van der Waals surface area contributed by atoms with Crippen LogP contribution in [0.2, 0.25) is 10.0 Å². The Labute approximate surface area is 358 Å². The largest absolute Gasteiger partial charge is 0.192 e. The van der Waals surface area contributed by atoms with Gasteiger partial charge in [0.15, 0.2) is 0 Å². The lowest BCUT2D eigenvalue weighted by Gasteiger charge is -2.39. The number of hydrogen-bond acceptors (Lipinski definition) is 3. The first-order valence-electron chi connectivity index (χ1n) is 18.6. The molecule has 12 rings (SSSR count). The van der Waals surface area contributed by atoms with Gasteiger partial charge < -0.3 is 0 Å². The van der Waals surface area contributed by atoms with Crippen LogP contribution < -0.4 is 0 Å². The highest BCUT2D eigenvalue weighted by atomic mass is 79.9. The van der Waals surface area contributed by atoms with Crippen LogP contribution in [0.4, 0.5) is 0 Å². The monoisotopic (exact) mass is 867 g/mol. The van der Waals surface area contributed by atoms with Gasteiger partial charge in [0.05, 0.1) is 22.5 Å². The van der Waals surface area contributed by atoms with E-state index in [4.69, 9.17) is 23.2 Å². The summed E-state index contributed by atoms with van der Waals surface area (Å²) in [5, 5.41) is 11.0. The molecule has 2 aliphatic carbocycles. The average molecular weight is 870 g/mol.